The first-order valence-corrected chi connectivity index (χ1v) is 9.11. The second kappa shape index (κ2) is 7.25. The van der Waals surface area contributed by atoms with E-state index in [9.17, 15) is 4.79 Å². The molecule has 0 fully saturated rings. The van der Waals surface area contributed by atoms with Crippen molar-refractivity contribution < 1.29 is 0 Å². The SMILES string of the molecule is C[C@@H](c1ccccc1)n1c(-c2ccccc2I)c(Cl)nc(Cl)c1=O. The highest BCUT2D eigenvalue weighted by molar-refractivity contribution is 14.1. The third-order valence-electron chi connectivity index (χ3n) is 3.83. The average Bonchev–Trinajstić information content (AvgIpc) is 2.59. The lowest BCUT2D eigenvalue weighted by Gasteiger charge is -2.22. The van der Waals surface area contributed by atoms with Gasteiger partial charge < -0.3 is 0 Å². The summed E-state index contributed by atoms with van der Waals surface area (Å²) in [6.07, 6.45) is 0. The molecule has 24 heavy (non-hydrogen) atoms. The van der Waals surface area contributed by atoms with Gasteiger partial charge in [-0.2, -0.15) is 0 Å². The normalized spacial score (nSPS) is 12.2. The molecule has 0 radical (unpaired) electrons. The highest BCUT2D eigenvalue weighted by atomic mass is 127. The smallest absolute Gasteiger partial charge is 0.289 e. The third-order valence-corrected chi connectivity index (χ3v) is 5.28. The Hall–Kier alpha value is -1.37. The first kappa shape index (κ1) is 17.5. The summed E-state index contributed by atoms with van der Waals surface area (Å²) < 4.78 is 2.60. The van der Waals surface area contributed by atoms with Gasteiger partial charge in [0.25, 0.3) is 5.56 Å². The molecular formula is C18H13Cl2IN2O. The molecule has 1 aromatic heterocycles. The second-order valence-corrected chi connectivity index (χ2v) is 7.16. The van der Waals surface area contributed by atoms with Crippen molar-refractivity contribution in [2.24, 2.45) is 0 Å². The summed E-state index contributed by atoms with van der Waals surface area (Å²) in [5, 5.41) is 0.0870. The molecular weight excluding hydrogens is 458 g/mol. The van der Waals surface area contributed by atoms with Crippen LogP contribution in [0.3, 0.4) is 0 Å². The first-order chi connectivity index (χ1) is 11.5. The van der Waals surface area contributed by atoms with Crippen LogP contribution >= 0.6 is 45.8 Å². The molecule has 3 rings (SSSR count). The molecule has 0 N–H and O–H groups in total. The number of benzene rings is 2. The summed E-state index contributed by atoms with van der Waals surface area (Å²) in [5.41, 5.74) is 2.07. The van der Waals surface area contributed by atoms with Crippen molar-refractivity contribution in [2.75, 3.05) is 0 Å². The van der Waals surface area contributed by atoms with Crippen LogP contribution < -0.4 is 5.56 Å². The van der Waals surface area contributed by atoms with Gasteiger partial charge in [-0.1, -0.05) is 71.7 Å². The van der Waals surface area contributed by atoms with Crippen LogP contribution in [0.1, 0.15) is 18.5 Å². The van der Waals surface area contributed by atoms with E-state index in [1.807, 2.05) is 61.5 Å². The molecule has 0 aliphatic carbocycles. The minimum Gasteiger partial charge on any atom is -0.295 e. The number of halogens is 3. The highest BCUT2D eigenvalue weighted by Crippen LogP contribution is 2.33. The second-order valence-electron chi connectivity index (χ2n) is 5.28. The molecule has 3 aromatic rings. The van der Waals surface area contributed by atoms with E-state index in [0.29, 0.717) is 5.69 Å². The van der Waals surface area contributed by atoms with Gasteiger partial charge in [0.05, 0.1) is 11.7 Å². The third kappa shape index (κ3) is 3.23. The molecule has 122 valence electrons. The fourth-order valence-corrected chi connectivity index (χ4v) is 3.77. The quantitative estimate of drug-likeness (QED) is 0.478. The van der Waals surface area contributed by atoms with Gasteiger partial charge in [-0.25, -0.2) is 4.98 Å². The van der Waals surface area contributed by atoms with Crippen LogP contribution in [0, 0.1) is 3.57 Å². The van der Waals surface area contributed by atoms with Gasteiger partial charge in [0, 0.05) is 9.13 Å². The lowest BCUT2D eigenvalue weighted by molar-refractivity contribution is 0.617. The number of nitrogens with zero attached hydrogens (tertiary/aromatic N) is 2. The molecule has 0 spiro atoms. The van der Waals surface area contributed by atoms with Crippen LogP contribution in [0.2, 0.25) is 10.3 Å². The molecule has 0 aliphatic heterocycles. The van der Waals surface area contributed by atoms with Crippen molar-refractivity contribution in [1.82, 2.24) is 9.55 Å². The van der Waals surface area contributed by atoms with Gasteiger partial charge in [0.2, 0.25) is 0 Å². The fraction of sp³-hybridized carbons (Fsp3) is 0.111. The van der Waals surface area contributed by atoms with E-state index < -0.39 is 0 Å². The Labute approximate surface area is 163 Å². The summed E-state index contributed by atoms with van der Waals surface area (Å²) in [6, 6.07) is 17.2. The minimum absolute atomic E-state index is 0.127. The van der Waals surface area contributed by atoms with Gasteiger partial charge in [0.1, 0.15) is 0 Å². The van der Waals surface area contributed by atoms with Crippen LogP contribution in [0.15, 0.2) is 59.4 Å². The van der Waals surface area contributed by atoms with E-state index in [1.54, 1.807) is 4.57 Å². The molecule has 3 nitrogen and oxygen atoms in total. The minimum atomic E-state index is -0.355. The molecule has 6 heteroatoms. The molecule has 0 amide bonds. The number of hydrogen-bond donors (Lipinski definition) is 0. The number of hydrogen-bond acceptors (Lipinski definition) is 2. The van der Waals surface area contributed by atoms with E-state index in [-0.39, 0.29) is 21.9 Å². The molecule has 0 saturated carbocycles. The van der Waals surface area contributed by atoms with Gasteiger partial charge in [-0.15, -0.1) is 0 Å². The van der Waals surface area contributed by atoms with Crippen LogP contribution in [-0.4, -0.2) is 9.55 Å². The highest BCUT2D eigenvalue weighted by Gasteiger charge is 2.22. The monoisotopic (exact) mass is 470 g/mol. The standard InChI is InChI=1S/C18H13Cl2IN2O/c1-11(12-7-3-2-4-8-12)23-15(13-9-5-6-10-14(13)21)16(19)22-17(20)18(23)24/h2-11H,1H3/t11-/m0/s1. The number of rotatable bonds is 3. The molecule has 0 aliphatic rings. The lowest BCUT2D eigenvalue weighted by Crippen LogP contribution is -2.27. The Morgan fingerprint density at radius 1 is 1.00 bits per heavy atom. The Kier molecular flexibility index (Phi) is 5.27. The zero-order valence-corrected chi connectivity index (χ0v) is 16.4. The molecule has 1 heterocycles. The fourth-order valence-electron chi connectivity index (χ4n) is 2.63. The van der Waals surface area contributed by atoms with E-state index >= 15 is 0 Å². The Balaban J connectivity index is 2.33. The molecule has 0 bridgehead atoms. The predicted octanol–water partition coefficient (Wildman–Crippen LogP) is 5.43. The predicted molar refractivity (Wildman–Crippen MR) is 107 cm³/mol. The molecule has 2 aromatic carbocycles. The maximum absolute atomic E-state index is 12.7. The van der Waals surface area contributed by atoms with Crippen LogP contribution in [0.25, 0.3) is 11.3 Å². The Morgan fingerprint density at radius 3 is 2.29 bits per heavy atom. The van der Waals surface area contributed by atoms with Gasteiger partial charge in [-0.3, -0.25) is 9.36 Å². The van der Waals surface area contributed by atoms with Crippen molar-refractivity contribution >= 4 is 45.8 Å². The van der Waals surface area contributed by atoms with E-state index in [0.717, 1.165) is 14.7 Å². The van der Waals surface area contributed by atoms with Crippen molar-refractivity contribution in [3.63, 3.8) is 0 Å². The lowest BCUT2D eigenvalue weighted by atomic mass is 10.1. The molecule has 0 unspecified atom stereocenters. The Morgan fingerprint density at radius 2 is 1.62 bits per heavy atom. The van der Waals surface area contributed by atoms with Crippen molar-refractivity contribution in [2.45, 2.75) is 13.0 Å². The topological polar surface area (TPSA) is 34.9 Å². The molecule has 0 saturated heterocycles. The summed E-state index contributed by atoms with van der Waals surface area (Å²) in [6.45, 7) is 1.95. The number of aromatic nitrogens is 2. The summed E-state index contributed by atoms with van der Waals surface area (Å²) in [5.74, 6) is 0. The van der Waals surface area contributed by atoms with Crippen molar-refractivity contribution in [3.8, 4) is 11.3 Å². The summed E-state index contributed by atoms with van der Waals surface area (Å²) in [7, 11) is 0. The van der Waals surface area contributed by atoms with E-state index in [2.05, 4.69) is 27.6 Å². The maximum atomic E-state index is 12.7. The molecule has 1 atom stereocenters. The van der Waals surface area contributed by atoms with Gasteiger partial charge in [-0.05, 0) is 41.1 Å². The van der Waals surface area contributed by atoms with Crippen LogP contribution in [-0.2, 0) is 0 Å². The average molecular weight is 471 g/mol. The van der Waals surface area contributed by atoms with Crippen molar-refractivity contribution in [3.05, 3.63) is 84.4 Å². The zero-order chi connectivity index (χ0) is 17.3. The zero-order valence-electron chi connectivity index (χ0n) is 12.7. The largest absolute Gasteiger partial charge is 0.295 e. The Bertz CT molecular complexity index is 941. The van der Waals surface area contributed by atoms with E-state index in [4.69, 9.17) is 23.2 Å². The van der Waals surface area contributed by atoms with Crippen LogP contribution in [0.5, 0.6) is 0 Å². The van der Waals surface area contributed by atoms with E-state index in [1.165, 1.54) is 0 Å². The van der Waals surface area contributed by atoms with Crippen LogP contribution in [0.4, 0.5) is 0 Å². The first-order valence-electron chi connectivity index (χ1n) is 7.28. The van der Waals surface area contributed by atoms with Gasteiger partial charge in [0.15, 0.2) is 10.3 Å². The summed E-state index contributed by atoms with van der Waals surface area (Å²) >= 11 is 14.6. The van der Waals surface area contributed by atoms with Gasteiger partial charge >= 0.3 is 0 Å². The van der Waals surface area contributed by atoms with Crippen molar-refractivity contribution in [1.29, 1.82) is 0 Å². The summed E-state index contributed by atoms with van der Waals surface area (Å²) in [4.78, 5) is 16.8. The maximum Gasteiger partial charge on any atom is 0.289 e.